The summed E-state index contributed by atoms with van der Waals surface area (Å²) in [6.45, 7) is 1.63. The van der Waals surface area contributed by atoms with Crippen molar-refractivity contribution in [2.45, 2.75) is 18.0 Å². The highest BCUT2D eigenvalue weighted by molar-refractivity contribution is 7.85. The molecule has 0 heterocycles. The maximum absolute atomic E-state index is 10.6. The molecule has 1 rings (SSSR count). The van der Waals surface area contributed by atoms with Crippen molar-refractivity contribution >= 4 is 16.1 Å². The first-order valence-corrected chi connectivity index (χ1v) is 5.73. The van der Waals surface area contributed by atoms with Gasteiger partial charge in [-0.2, -0.15) is 21.6 Å². The van der Waals surface area contributed by atoms with Crippen LogP contribution >= 0.6 is 0 Å². The molecule has 0 unspecified atom stereocenters. The third-order valence-electron chi connectivity index (χ3n) is 1.61. The molecule has 0 aliphatic heterocycles. The van der Waals surface area contributed by atoms with Crippen LogP contribution in [0.4, 0.5) is 13.2 Å². The zero-order chi connectivity index (χ0) is 14.6. The van der Waals surface area contributed by atoms with Gasteiger partial charge in [0.15, 0.2) is 0 Å². The molecule has 0 aliphatic rings. The number of aryl methyl sites for hydroxylation is 1. The summed E-state index contributed by atoms with van der Waals surface area (Å²) in [7, 11) is -4.03. The number of benzene rings is 1. The molecule has 0 spiro atoms. The van der Waals surface area contributed by atoms with Crippen molar-refractivity contribution in [3.05, 3.63) is 29.8 Å². The molecule has 0 radical (unpaired) electrons. The molecule has 102 valence electrons. The zero-order valence-corrected chi connectivity index (χ0v) is 9.79. The van der Waals surface area contributed by atoms with Crippen molar-refractivity contribution in [1.29, 1.82) is 0 Å². The van der Waals surface area contributed by atoms with Gasteiger partial charge in [-0.25, -0.2) is 4.79 Å². The Labute approximate surface area is 101 Å². The second-order valence-corrected chi connectivity index (χ2v) is 4.43. The van der Waals surface area contributed by atoms with E-state index in [0.29, 0.717) is 5.56 Å². The van der Waals surface area contributed by atoms with Crippen LogP contribution in [0, 0.1) is 6.92 Å². The predicted octanol–water partition coefficient (Wildman–Crippen LogP) is 1.88. The molecular formula is C9H9F3O5S. The maximum atomic E-state index is 10.6. The summed E-state index contributed by atoms with van der Waals surface area (Å²) < 4.78 is 61.6. The number of aliphatic carboxylic acids is 1. The van der Waals surface area contributed by atoms with Crippen LogP contribution in [0.5, 0.6) is 0 Å². The van der Waals surface area contributed by atoms with Crippen LogP contribution in [0.15, 0.2) is 29.2 Å². The van der Waals surface area contributed by atoms with Crippen LogP contribution in [0.25, 0.3) is 0 Å². The monoisotopic (exact) mass is 286 g/mol. The second kappa shape index (κ2) is 5.83. The van der Waals surface area contributed by atoms with E-state index in [1.807, 2.05) is 0 Å². The summed E-state index contributed by atoms with van der Waals surface area (Å²) in [5.41, 5.74) is 0.551. The Balaban J connectivity index is 0.000000360. The molecule has 9 heteroatoms. The quantitative estimate of drug-likeness (QED) is 0.769. The third kappa shape index (κ3) is 5.64. The fraction of sp³-hybridized carbons (Fsp3) is 0.222. The zero-order valence-electron chi connectivity index (χ0n) is 8.97. The molecule has 0 saturated carbocycles. The van der Waals surface area contributed by atoms with E-state index in [-0.39, 0.29) is 4.90 Å². The molecule has 1 aromatic carbocycles. The van der Waals surface area contributed by atoms with Gasteiger partial charge in [0.05, 0.1) is 4.90 Å². The molecule has 5 nitrogen and oxygen atoms in total. The van der Waals surface area contributed by atoms with Crippen LogP contribution < -0.4 is 0 Å². The summed E-state index contributed by atoms with van der Waals surface area (Å²) in [5, 5.41) is 7.12. The van der Waals surface area contributed by atoms with Gasteiger partial charge in [-0.3, -0.25) is 4.55 Å². The minimum Gasteiger partial charge on any atom is -0.475 e. The Hall–Kier alpha value is -1.61. The Bertz CT molecular complexity index is 521. The van der Waals surface area contributed by atoms with E-state index in [0.717, 1.165) is 0 Å². The number of halogens is 3. The topological polar surface area (TPSA) is 91.7 Å². The first-order valence-electron chi connectivity index (χ1n) is 4.29. The second-order valence-electron chi connectivity index (χ2n) is 3.04. The largest absolute Gasteiger partial charge is 0.490 e. The summed E-state index contributed by atoms with van der Waals surface area (Å²) in [5.74, 6) is -2.76. The number of carboxylic acids is 1. The van der Waals surface area contributed by atoms with Gasteiger partial charge in [-0.05, 0) is 18.6 Å². The van der Waals surface area contributed by atoms with Gasteiger partial charge in [0.1, 0.15) is 0 Å². The molecular weight excluding hydrogens is 277 g/mol. The van der Waals surface area contributed by atoms with E-state index < -0.39 is 22.3 Å². The Morgan fingerprint density at radius 2 is 1.61 bits per heavy atom. The lowest BCUT2D eigenvalue weighted by atomic mass is 10.2. The smallest absolute Gasteiger partial charge is 0.475 e. The van der Waals surface area contributed by atoms with Crippen molar-refractivity contribution in [3.63, 3.8) is 0 Å². The van der Waals surface area contributed by atoms with Crippen molar-refractivity contribution in [2.75, 3.05) is 0 Å². The van der Waals surface area contributed by atoms with Crippen LogP contribution in [0.2, 0.25) is 0 Å². The highest BCUT2D eigenvalue weighted by Gasteiger charge is 2.38. The van der Waals surface area contributed by atoms with Gasteiger partial charge in [0.25, 0.3) is 10.1 Å². The average molecular weight is 286 g/mol. The van der Waals surface area contributed by atoms with Crippen LogP contribution in [-0.4, -0.2) is 30.2 Å². The van der Waals surface area contributed by atoms with Gasteiger partial charge in [-0.1, -0.05) is 18.2 Å². The standard InChI is InChI=1S/C7H8O3S.C2HF3O2/c1-6-4-2-3-5-7(6)11(8,9)10;3-2(4,5)1(6)7/h2-5H,1H3,(H,8,9,10);(H,6,7). The molecule has 1 aromatic rings. The Kier molecular flexibility index (Phi) is 5.30. The molecule has 0 atom stereocenters. The average Bonchev–Trinajstić information content (AvgIpc) is 2.15. The molecule has 18 heavy (non-hydrogen) atoms. The SMILES string of the molecule is Cc1ccccc1S(=O)(=O)O.O=C(O)C(F)(F)F. The number of carbonyl (C=O) groups is 1. The van der Waals surface area contributed by atoms with Crippen molar-refractivity contribution < 1.29 is 36.0 Å². The minimum absolute atomic E-state index is 0.0278. The van der Waals surface area contributed by atoms with Crippen molar-refractivity contribution in [3.8, 4) is 0 Å². The fourth-order valence-electron chi connectivity index (χ4n) is 0.846. The fourth-order valence-corrected chi connectivity index (χ4v) is 1.57. The molecule has 0 amide bonds. The lowest BCUT2D eigenvalue weighted by molar-refractivity contribution is -0.192. The molecule has 0 aromatic heterocycles. The highest BCUT2D eigenvalue weighted by atomic mass is 32.2. The Morgan fingerprint density at radius 1 is 1.22 bits per heavy atom. The van der Waals surface area contributed by atoms with E-state index in [1.165, 1.54) is 6.07 Å². The van der Waals surface area contributed by atoms with Gasteiger partial charge in [-0.15, -0.1) is 0 Å². The van der Waals surface area contributed by atoms with Crippen LogP contribution in [-0.2, 0) is 14.9 Å². The van der Waals surface area contributed by atoms with Gasteiger partial charge >= 0.3 is 12.1 Å². The molecule has 0 aliphatic carbocycles. The number of rotatable bonds is 1. The van der Waals surface area contributed by atoms with Gasteiger partial charge < -0.3 is 5.11 Å². The van der Waals surface area contributed by atoms with E-state index >= 15 is 0 Å². The first-order chi connectivity index (χ1) is 7.96. The minimum atomic E-state index is -5.08. The number of hydrogen-bond acceptors (Lipinski definition) is 3. The normalized spacial score (nSPS) is 11.4. The maximum Gasteiger partial charge on any atom is 0.490 e. The summed E-state index contributed by atoms with van der Waals surface area (Å²) >= 11 is 0. The molecule has 0 bridgehead atoms. The first kappa shape index (κ1) is 16.4. The van der Waals surface area contributed by atoms with Crippen LogP contribution in [0.3, 0.4) is 0 Å². The Morgan fingerprint density at radius 3 is 1.83 bits per heavy atom. The van der Waals surface area contributed by atoms with E-state index in [1.54, 1.807) is 25.1 Å². The van der Waals surface area contributed by atoms with E-state index in [4.69, 9.17) is 14.5 Å². The van der Waals surface area contributed by atoms with Crippen LogP contribution in [0.1, 0.15) is 5.56 Å². The number of carboxylic acid groups (broad SMARTS) is 1. The van der Waals surface area contributed by atoms with Crippen molar-refractivity contribution in [1.82, 2.24) is 0 Å². The third-order valence-corrected chi connectivity index (χ3v) is 2.63. The number of hydrogen-bond donors (Lipinski definition) is 2. The summed E-state index contributed by atoms with van der Waals surface area (Å²) in [6.07, 6.45) is -5.08. The van der Waals surface area contributed by atoms with E-state index in [9.17, 15) is 21.6 Å². The molecule has 2 N–H and O–H groups in total. The van der Waals surface area contributed by atoms with Gasteiger partial charge in [0, 0.05) is 0 Å². The van der Waals surface area contributed by atoms with Crippen molar-refractivity contribution in [2.24, 2.45) is 0 Å². The number of alkyl halides is 3. The molecule has 0 fully saturated rings. The molecule has 0 saturated heterocycles. The summed E-state index contributed by atoms with van der Waals surface area (Å²) in [6, 6.07) is 6.27. The lowest BCUT2D eigenvalue weighted by Gasteiger charge is -1.99. The van der Waals surface area contributed by atoms with E-state index in [2.05, 4.69) is 0 Å². The van der Waals surface area contributed by atoms with Gasteiger partial charge in [0.2, 0.25) is 0 Å². The summed E-state index contributed by atoms with van der Waals surface area (Å²) in [4.78, 5) is 8.87. The predicted molar refractivity (Wildman–Crippen MR) is 54.7 cm³/mol. The highest BCUT2D eigenvalue weighted by Crippen LogP contribution is 2.13. The lowest BCUT2D eigenvalue weighted by Crippen LogP contribution is -2.21.